The molecule has 1 aromatic carbocycles. The van der Waals surface area contributed by atoms with Gasteiger partial charge in [-0.2, -0.15) is 0 Å². The van der Waals surface area contributed by atoms with Crippen LogP contribution in [0.15, 0.2) is 41.8 Å². The monoisotopic (exact) mass is 348 g/mol. The van der Waals surface area contributed by atoms with Gasteiger partial charge in [-0.25, -0.2) is 0 Å². The second kappa shape index (κ2) is 7.15. The molecular weight excluding hydrogens is 332 g/mol. The lowest BCUT2D eigenvalue weighted by atomic mass is 10.0. The highest BCUT2D eigenvalue weighted by molar-refractivity contribution is 7.12. The first-order valence-electron chi connectivity index (χ1n) is 7.52. The number of hydrogen-bond donors (Lipinski definition) is 1. The van der Waals surface area contributed by atoms with E-state index >= 15 is 0 Å². The van der Waals surface area contributed by atoms with Crippen molar-refractivity contribution >= 4 is 34.8 Å². The van der Waals surface area contributed by atoms with Crippen molar-refractivity contribution in [3.8, 4) is 0 Å². The molecule has 1 aliphatic heterocycles. The lowest BCUT2D eigenvalue weighted by molar-refractivity contribution is 0.0703. The van der Waals surface area contributed by atoms with Crippen molar-refractivity contribution in [3.63, 3.8) is 0 Å². The predicted molar refractivity (Wildman–Crippen MR) is 92.2 cm³/mol. The standard InChI is InChI=1S/C17H17ClN2O2S/c18-13-4-1-3-12(11-13)16(21)19-14-6-8-20(9-7-14)17(22)15-5-2-10-23-15/h1-5,10-11,14H,6-9H2,(H,19,21). The summed E-state index contributed by atoms with van der Waals surface area (Å²) in [6, 6.07) is 10.7. The van der Waals surface area contributed by atoms with Crippen LogP contribution in [-0.4, -0.2) is 35.8 Å². The van der Waals surface area contributed by atoms with Crippen molar-refractivity contribution in [1.29, 1.82) is 0 Å². The van der Waals surface area contributed by atoms with E-state index in [-0.39, 0.29) is 17.9 Å². The van der Waals surface area contributed by atoms with Crippen LogP contribution in [0.2, 0.25) is 5.02 Å². The summed E-state index contributed by atoms with van der Waals surface area (Å²) in [6.45, 7) is 1.33. The third-order valence-electron chi connectivity index (χ3n) is 3.94. The maximum Gasteiger partial charge on any atom is 0.263 e. The Labute approximate surface area is 144 Å². The fourth-order valence-corrected chi connectivity index (χ4v) is 3.56. The van der Waals surface area contributed by atoms with Gasteiger partial charge in [0.1, 0.15) is 0 Å². The Kier molecular flexibility index (Phi) is 4.98. The summed E-state index contributed by atoms with van der Waals surface area (Å²) in [7, 11) is 0. The van der Waals surface area contributed by atoms with Gasteiger partial charge in [-0.15, -0.1) is 11.3 Å². The Hall–Kier alpha value is -1.85. The number of nitrogens with zero attached hydrogens (tertiary/aromatic N) is 1. The molecule has 2 heterocycles. The summed E-state index contributed by atoms with van der Waals surface area (Å²) < 4.78 is 0. The smallest absolute Gasteiger partial charge is 0.263 e. The van der Waals surface area contributed by atoms with Crippen molar-refractivity contribution in [2.45, 2.75) is 18.9 Å². The predicted octanol–water partition coefficient (Wildman–Crippen LogP) is 3.44. The van der Waals surface area contributed by atoms with Crippen LogP contribution in [0.4, 0.5) is 0 Å². The number of piperidine rings is 1. The minimum Gasteiger partial charge on any atom is -0.349 e. The molecule has 6 heteroatoms. The summed E-state index contributed by atoms with van der Waals surface area (Å²) in [5, 5.41) is 5.48. The van der Waals surface area contributed by atoms with Crippen LogP contribution in [0.3, 0.4) is 0 Å². The molecule has 2 aromatic rings. The molecule has 2 amide bonds. The van der Waals surface area contributed by atoms with E-state index in [1.165, 1.54) is 11.3 Å². The normalized spacial score (nSPS) is 15.4. The van der Waals surface area contributed by atoms with Gasteiger partial charge in [0.2, 0.25) is 0 Å². The molecule has 1 aliphatic rings. The van der Waals surface area contributed by atoms with Crippen molar-refractivity contribution in [1.82, 2.24) is 10.2 Å². The third kappa shape index (κ3) is 3.92. The Balaban J connectivity index is 1.53. The fourth-order valence-electron chi connectivity index (χ4n) is 2.68. The van der Waals surface area contributed by atoms with Crippen LogP contribution < -0.4 is 5.32 Å². The van der Waals surface area contributed by atoms with E-state index < -0.39 is 0 Å². The van der Waals surface area contributed by atoms with E-state index in [0.717, 1.165) is 17.7 Å². The van der Waals surface area contributed by atoms with Crippen LogP contribution in [0.1, 0.15) is 32.9 Å². The quantitative estimate of drug-likeness (QED) is 0.923. The minimum atomic E-state index is -0.115. The first-order chi connectivity index (χ1) is 11.1. The summed E-state index contributed by atoms with van der Waals surface area (Å²) >= 11 is 7.37. The molecule has 0 saturated carbocycles. The number of thiophene rings is 1. The molecule has 0 spiro atoms. The van der Waals surface area contributed by atoms with E-state index in [2.05, 4.69) is 5.32 Å². The van der Waals surface area contributed by atoms with Gasteiger partial charge in [0.15, 0.2) is 0 Å². The first-order valence-corrected chi connectivity index (χ1v) is 8.78. The molecule has 23 heavy (non-hydrogen) atoms. The van der Waals surface area contributed by atoms with Crippen molar-refractivity contribution in [3.05, 3.63) is 57.2 Å². The average molecular weight is 349 g/mol. The highest BCUT2D eigenvalue weighted by Crippen LogP contribution is 2.18. The zero-order valence-electron chi connectivity index (χ0n) is 12.5. The first kappa shape index (κ1) is 16.0. The second-order valence-corrected chi connectivity index (χ2v) is 6.91. The molecule has 0 aliphatic carbocycles. The molecule has 0 atom stereocenters. The van der Waals surface area contributed by atoms with Gasteiger partial charge in [0.05, 0.1) is 4.88 Å². The van der Waals surface area contributed by atoms with E-state index in [1.54, 1.807) is 24.3 Å². The van der Waals surface area contributed by atoms with Crippen LogP contribution >= 0.6 is 22.9 Å². The molecule has 1 fully saturated rings. The van der Waals surface area contributed by atoms with Crippen LogP contribution in [-0.2, 0) is 0 Å². The summed E-state index contributed by atoms with van der Waals surface area (Å²) in [6.07, 6.45) is 1.53. The Bertz CT molecular complexity index is 694. The molecule has 3 rings (SSSR count). The average Bonchev–Trinajstić information content (AvgIpc) is 3.09. The van der Waals surface area contributed by atoms with Gasteiger partial charge < -0.3 is 10.2 Å². The lowest BCUT2D eigenvalue weighted by Crippen LogP contribution is -2.46. The maximum atomic E-state index is 12.3. The number of amides is 2. The van der Waals surface area contributed by atoms with E-state index in [9.17, 15) is 9.59 Å². The SMILES string of the molecule is O=C(NC1CCN(C(=O)c2cccs2)CC1)c1cccc(Cl)c1. The van der Waals surface area contributed by atoms with Crippen LogP contribution in [0, 0.1) is 0 Å². The second-order valence-electron chi connectivity index (χ2n) is 5.53. The number of carbonyl (C=O) groups is 2. The largest absolute Gasteiger partial charge is 0.349 e. The van der Waals surface area contributed by atoms with Gasteiger partial charge >= 0.3 is 0 Å². The topological polar surface area (TPSA) is 49.4 Å². The summed E-state index contributed by atoms with van der Waals surface area (Å²) in [5.41, 5.74) is 0.564. The van der Waals surface area contributed by atoms with Gasteiger partial charge in [-0.1, -0.05) is 23.7 Å². The van der Waals surface area contributed by atoms with E-state index in [1.807, 2.05) is 22.4 Å². The van der Waals surface area contributed by atoms with Crippen molar-refractivity contribution < 1.29 is 9.59 Å². The number of benzene rings is 1. The number of halogens is 1. The highest BCUT2D eigenvalue weighted by Gasteiger charge is 2.25. The van der Waals surface area contributed by atoms with Crippen LogP contribution in [0.25, 0.3) is 0 Å². The van der Waals surface area contributed by atoms with Gasteiger partial charge in [0.25, 0.3) is 11.8 Å². The van der Waals surface area contributed by atoms with Gasteiger partial charge in [-0.3, -0.25) is 9.59 Å². The van der Waals surface area contributed by atoms with E-state index in [4.69, 9.17) is 11.6 Å². The summed E-state index contributed by atoms with van der Waals surface area (Å²) in [5.74, 6) is -0.0323. The maximum absolute atomic E-state index is 12.3. The van der Waals surface area contributed by atoms with E-state index in [0.29, 0.717) is 23.7 Å². The van der Waals surface area contributed by atoms with Crippen LogP contribution in [0.5, 0.6) is 0 Å². The van der Waals surface area contributed by atoms with Crippen molar-refractivity contribution in [2.75, 3.05) is 13.1 Å². The Morgan fingerprint density at radius 1 is 1.17 bits per heavy atom. The Morgan fingerprint density at radius 3 is 2.61 bits per heavy atom. The molecule has 1 saturated heterocycles. The van der Waals surface area contributed by atoms with Crippen molar-refractivity contribution in [2.24, 2.45) is 0 Å². The molecule has 1 N–H and O–H groups in total. The lowest BCUT2D eigenvalue weighted by Gasteiger charge is -2.32. The third-order valence-corrected chi connectivity index (χ3v) is 5.03. The highest BCUT2D eigenvalue weighted by atomic mass is 35.5. The number of nitrogens with one attached hydrogen (secondary N) is 1. The molecule has 0 unspecified atom stereocenters. The molecule has 1 aromatic heterocycles. The fraction of sp³-hybridized carbons (Fsp3) is 0.294. The zero-order chi connectivity index (χ0) is 16.2. The zero-order valence-corrected chi connectivity index (χ0v) is 14.1. The number of hydrogen-bond acceptors (Lipinski definition) is 3. The number of rotatable bonds is 3. The Morgan fingerprint density at radius 2 is 1.96 bits per heavy atom. The van der Waals surface area contributed by atoms with Gasteiger partial charge in [-0.05, 0) is 42.5 Å². The molecule has 4 nitrogen and oxygen atoms in total. The molecular formula is C17H17ClN2O2S. The summed E-state index contributed by atoms with van der Waals surface area (Å²) in [4.78, 5) is 27.1. The number of likely N-dealkylation sites (tertiary alicyclic amines) is 1. The molecule has 120 valence electrons. The molecule has 0 bridgehead atoms. The number of carbonyl (C=O) groups excluding carboxylic acids is 2. The van der Waals surface area contributed by atoms with Gasteiger partial charge in [0, 0.05) is 29.7 Å². The minimum absolute atomic E-state index is 0.0830. The molecule has 0 radical (unpaired) electrons.